The number of rotatable bonds is 10. The van der Waals surface area contributed by atoms with Crippen LogP contribution in [0.4, 0.5) is 5.13 Å². The van der Waals surface area contributed by atoms with Gasteiger partial charge in [0.25, 0.3) is 11.8 Å². The molecule has 0 radical (unpaired) electrons. The van der Waals surface area contributed by atoms with Crippen LogP contribution in [-0.4, -0.2) is 73.0 Å². The fraction of sp³-hybridized carbons (Fsp3) is 0.231. The Kier molecular flexibility index (Phi) is 7.78. The molecule has 0 spiro atoms. The molecule has 0 aromatic carbocycles. The molecule has 6 heterocycles. The van der Waals surface area contributed by atoms with Gasteiger partial charge in [-0.1, -0.05) is 5.16 Å². The molecule has 2 atom stereocenters. The van der Waals surface area contributed by atoms with Gasteiger partial charge in [0, 0.05) is 39.7 Å². The SMILES string of the molecule is CO/N=C(\C(=O)N[C@@H]1C(=O)N2C(C(=O)[O-])=C(C[n+]3ccc4ccn(Cc5nc(C(=N)N)cs5)c4c3)CS[C@H]12)c1csc(N)n1. The Labute approximate surface area is 261 Å². The average molecular weight is 653 g/mol. The molecule has 18 heteroatoms. The maximum Gasteiger partial charge on any atom is 0.276 e. The predicted octanol–water partition coefficient (Wildman–Crippen LogP) is -0.789. The average Bonchev–Trinajstić information content (AvgIpc) is 3.75. The Morgan fingerprint density at radius 2 is 2.07 bits per heavy atom. The molecule has 0 bridgehead atoms. The van der Waals surface area contributed by atoms with Crippen molar-refractivity contribution in [3.63, 3.8) is 0 Å². The van der Waals surface area contributed by atoms with Crippen LogP contribution >= 0.6 is 34.4 Å². The standard InChI is InChI=1S/C26H24N10O5S3/c1-41-33-18(14-10-44-26(29)31-14)22(37)32-19-23(38)36-20(25(39)40)13(9-43-24(19)36)6-34-4-2-12-3-5-35(16(12)7-34)8-17-30-15(11-42-17)21(27)28/h2-5,7,10-11,19,24H,6,8-9H2,1H3,(H6-,27,28,29,31,32,37,39,40)/b33-18-/t19-,24-/m1/s1. The van der Waals surface area contributed by atoms with Crippen molar-refractivity contribution in [1.29, 1.82) is 5.41 Å². The van der Waals surface area contributed by atoms with Gasteiger partial charge in [-0.05, 0) is 6.07 Å². The number of thiazole rings is 2. The van der Waals surface area contributed by atoms with Crippen LogP contribution in [-0.2, 0) is 32.3 Å². The summed E-state index contributed by atoms with van der Waals surface area (Å²) in [6.07, 6.45) is 5.66. The number of nitrogen functional groups attached to an aromatic ring is 2. The number of carboxylic acids is 1. The van der Waals surface area contributed by atoms with Crippen molar-refractivity contribution in [2.24, 2.45) is 10.9 Å². The number of hydrogen-bond acceptors (Lipinski definition) is 13. The zero-order chi connectivity index (χ0) is 31.1. The van der Waals surface area contributed by atoms with Gasteiger partial charge in [-0.25, -0.2) is 9.97 Å². The van der Waals surface area contributed by atoms with Crippen LogP contribution in [0.1, 0.15) is 16.4 Å². The number of fused-ring (bicyclic) bond motifs is 2. The molecule has 4 aromatic heterocycles. The van der Waals surface area contributed by atoms with Crippen LogP contribution < -0.4 is 26.5 Å². The highest BCUT2D eigenvalue weighted by Crippen LogP contribution is 2.40. The number of oxime groups is 1. The molecule has 2 amide bonds. The lowest BCUT2D eigenvalue weighted by molar-refractivity contribution is -0.687. The molecule has 1 saturated heterocycles. The minimum absolute atomic E-state index is 0.0902. The number of β-lactam (4-membered cyclic amide) rings is 1. The lowest BCUT2D eigenvalue weighted by Crippen LogP contribution is -2.71. The van der Waals surface area contributed by atoms with E-state index in [1.165, 1.54) is 35.6 Å². The number of aliphatic carboxylic acids is 1. The summed E-state index contributed by atoms with van der Waals surface area (Å²) in [6, 6.07) is 2.90. The van der Waals surface area contributed by atoms with Crippen molar-refractivity contribution >= 4 is 79.8 Å². The molecule has 1 fully saturated rings. The smallest absolute Gasteiger partial charge is 0.276 e. The number of carboxylic acid groups (broad SMARTS) is 1. The van der Waals surface area contributed by atoms with Gasteiger partial charge >= 0.3 is 0 Å². The molecule has 0 unspecified atom stereocenters. The third-order valence-electron chi connectivity index (χ3n) is 6.97. The third-order valence-corrected chi connectivity index (χ3v) is 9.82. The fourth-order valence-corrected chi connectivity index (χ4v) is 7.65. The van der Waals surface area contributed by atoms with E-state index in [1.807, 2.05) is 39.9 Å². The van der Waals surface area contributed by atoms with Crippen molar-refractivity contribution in [2.75, 3.05) is 18.6 Å². The topological polar surface area (TPSA) is 222 Å². The van der Waals surface area contributed by atoms with Gasteiger partial charge in [0.05, 0.1) is 18.2 Å². The molecule has 226 valence electrons. The van der Waals surface area contributed by atoms with Gasteiger partial charge in [-0.15, -0.1) is 34.4 Å². The van der Waals surface area contributed by atoms with Gasteiger partial charge in [-0.3, -0.25) is 19.9 Å². The number of aromatic nitrogens is 4. The molecular formula is C26H24N10O5S3. The Morgan fingerprint density at radius 1 is 1.27 bits per heavy atom. The maximum absolute atomic E-state index is 13.2. The maximum atomic E-state index is 13.2. The first kappa shape index (κ1) is 29.3. The first-order chi connectivity index (χ1) is 21.1. The summed E-state index contributed by atoms with van der Waals surface area (Å²) in [6.45, 7) is 0.671. The van der Waals surface area contributed by atoms with Crippen LogP contribution in [0.25, 0.3) is 10.9 Å². The van der Waals surface area contributed by atoms with Gasteiger partial charge < -0.3 is 36.1 Å². The fourth-order valence-electron chi connectivity index (χ4n) is 4.97. The van der Waals surface area contributed by atoms with E-state index in [0.29, 0.717) is 23.6 Å². The van der Waals surface area contributed by atoms with Crippen molar-refractivity contribution in [3.8, 4) is 0 Å². The summed E-state index contributed by atoms with van der Waals surface area (Å²) < 4.78 is 3.85. The second-order valence-electron chi connectivity index (χ2n) is 9.74. The largest absolute Gasteiger partial charge is 0.543 e. The van der Waals surface area contributed by atoms with E-state index in [2.05, 4.69) is 20.4 Å². The first-order valence-electron chi connectivity index (χ1n) is 12.9. The van der Waals surface area contributed by atoms with Crippen LogP contribution in [0.5, 0.6) is 0 Å². The zero-order valence-corrected chi connectivity index (χ0v) is 25.4. The summed E-state index contributed by atoms with van der Waals surface area (Å²) in [7, 11) is 1.27. The van der Waals surface area contributed by atoms with Crippen molar-refractivity contribution in [1.82, 2.24) is 24.8 Å². The van der Waals surface area contributed by atoms with Gasteiger partial charge in [0.1, 0.15) is 46.3 Å². The summed E-state index contributed by atoms with van der Waals surface area (Å²) in [4.78, 5) is 52.9. The van der Waals surface area contributed by atoms with E-state index in [0.717, 1.165) is 32.1 Å². The molecule has 2 aliphatic heterocycles. The normalized spacial score (nSPS) is 18.2. The number of amidine groups is 1. The lowest BCUT2D eigenvalue weighted by Gasteiger charge is -2.50. The van der Waals surface area contributed by atoms with E-state index >= 15 is 0 Å². The number of nitrogens with zero attached hydrogens (tertiary/aromatic N) is 6. The molecular weight excluding hydrogens is 629 g/mol. The van der Waals surface area contributed by atoms with Crippen LogP contribution in [0.3, 0.4) is 0 Å². The van der Waals surface area contributed by atoms with Crippen LogP contribution in [0, 0.1) is 5.41 Å². The van der Waals surface area contributed by atoms with Crippen molar-refractivity contribution < 1.29 is 28.9 Å². The number of carbonyl (C=O) groups excluding carboxylic acids is 3. The highest BCUT2D eigenvalue weighted by molar-refractivity contribution is 8.00. The second kappa shape index (κ2) is 11.7. The highest BCUT2D eigenvalue weighted by atomic mass is 32.2. The molecule has 6 rings (SSSR count). The van der Waals surface area contributed by atoms with E-state index in [9.17, 15) is 19.5 Å². The minimum Gasteiger partial charge on any atom is -0.543 e. The van der Waals surface area contributed by atoms with Gasteiger partial charge in [0.2, 0.25) is 0 Å². The second-order valence-corrected chi connectivity index (χ2v) is 12.7. The number of nitrogens with two attached hydrogens (primary N) is 2. The van der Waals surface area contributed by atoms with Crippen molar-refractivity contribution in [2.45, 2.75) is 24.5 Å². The van der Waals surface area contributed by atoms with E-state index in [1.54, 1.807) is 5.38 Å². The molecule has 6 N–H and O–H groups in total. The molecule has 44 heavy (non-hydrogen) atoms. The molecule has 2 aliphatic rings. The van der Waals surface area contributed by atoms with E-state index < -0.39 is 29.2 Å². The highest BCUT2D eigenvalue weighted by Gasteiger charge is 2.53. The number of amides is 2. The number of hydrogen-bond donors (Lipinski definition) is 4. The first-order valence-corrected chi connectivity index (χ1v) is 15.7. The lowest BCUT2D eigenvalue weighted by atomic mass is 10.0. The summed E-state index contributed by atoms with van der Waals surface area (Å²) in [5, 5.41) is 30.9. The monoisotopic (exact) mass is 652 g/mol. The van der Waals surface area contributed by atoms with Gasteiger partial charge in [0.15, 0.2) is 29.8 Å². The zero-order valence-electron chi connectivity index (χ0n) is 22.9. The Morgan fingerprint density at radius 3 is 2.75 bits per heavy atom. The summed E-state index contributed by atoms with van der Waals surface area (Å²) >= 11 is 3.87. The third kappa shape index (κ3) is 5.38. The number of thioether (sulfide) groups is 1. The number of nitrogens with one attached hydrogen (secondary N) is 2. The van der Waals surface area contributed by atoms with E-state index in [-0.39, 0.29) is 34.6 Å². The summed E-state index contributed by atoms with van der Waals surface area (Å²) in [5.74, 6) is -2.55. The molecule has 0 saturated carbocycles. The quantitative estimate of drug-likeness (QED) is 0.0550. The van der Waals surface area contributed by atoms with Gasteiger partial charge in [-0.2, -0.15) is 4.57 Å². The Bertz CT molecular complexity index is 1890. The molecule has 15 nitrogen and oxygen atoms in total. The van der Waals surface area contributed by atoms with Crippen LogP contribution in [0.15, 0.2) is 57.9 Å². The summed E-state index contributed by atoms with van der Waals surface area (Å²) in [5.41, 5.74) is 12.9. The Balaban J connectivity index is 1.21. The Hall–Kier alpha value is -4.81. The molecule has 4 aromatic rings. The molecule has 0 aliphatic carbocycles. The number of carbonyl (C=O) groups is 3. The predicted molar refractivity (Wildman–Crippen MR) is 161 cm³/mol. The minimum atomic E-state index is -1.47. The van der Waals surface area contributed by atoms with Crippen molar-refractivity contribution in [3.05, 3.63) is 69.1 Å². The van der Waals surface area contributed by atoms with E-state index in [4.69, 9.17) is 21.7 Å². The van der Waals surface area contributed by atoms with Crippen LogP contribution in [0.2, 0.25) is 0 Å². The number of pyridine rings is 1. The number of anilines is 1.